The Morgan fingerprint density at radius 3 is 2.15 bits per heavy atom. The van der Waals surface area contributed by atoms with Crippen LogP contribution < -0.4 is 0 Å². The second kappa shape index (κ2) is 8.87. The first-order chi connectivity index (χ1) is 15.3. The molecule has 0 radical (unpaired) electrons. The van der Waals surface area contributed by atoms with Crippen LogP contribution >= 0.6 is 0 Å². The largest absolute Gasteiger partial charge is 0.390 e. The summed E-state index contributed by atoms with van der Waals surface area (Å²) in [5, 5.41) is 42.8. The van der Waals surface area contributed by atoms with Crippen molar-refractivity contribution < 1.29 is 25.2 Å². The molecule has 4 aliphatic rings. The van der Waals surface area contributed by atoms with E-state index in [9.17, 15) is 25.2 Å². The van der Waals surface area contributed by atoms with Gasteiger partial charge in [-0.3, -0.25) is 4.79 Å². The molecule has 33 heavy (non-hydrogen) atoms. The number of Topliss-reactive ketones (excluding diaryl/α,β-unsaturated/α-hetero) is 1. The van der Waals surface area contributed by atoms with E-state index in [0.717, 1.165) is 25.7 Å². The van der Waals surface area contributed by atoms with Gasteiger partial charge in [-0.05, 0) is 90.8 Å². The summed E-state index contributed by atoms with van der Waals surface area (Å²) >= 11 is 0. The van der Waals surface area contributed by atoms with Gasteiger partial charge in [0.25, 0.3) is 0 Å². The molecule has 0 saturated heterocycles. The van der Waals surface area contributed by atoms with Gasteiger partial charge in [0.2, 0.25) is 0 Å². The fourth-order valence-corrected chi connectivity index (χ4v) is 9.23. The number of rotatable bonds is 5. The van der Waals surface area contributed by atoms with Gasteiger partial charge in [-0.2, -0.15) is 0 Å². The van der Waals surface area contributed by atoms with E-state index >= 15 is 0 Å². The van der Waals surface area contributed by atoms with Crippen LogP contribution in [0.5, 0.6) is 0 Å². The molecule has 0 aromatic rings. The highest BCUT2D eigenvalue weighted by Gasteiger charge is 2.63. The molecule has 0 spiro atoms. The molecule has 4 saturated carbocycles. The van der Waals surface area contributed by atoms with Crippen LogP contribution in [0.4, 0.5) is 0 Å². The summed E-state index contributed by atoms with van der Waals surface area (Å²) in [5.74, 6) is 2.05. The van der Waals surface area contributed by atoms with Gasteiger partial charge in [0.15, 0.2) is 0 Å². The lowest BCUT2D eigenvalue weighted by Gasteiger charge is -2.61. The maximum atomic E-state index is 13.3. The fourth-order valence-electron chi connectivity index (χ4n) is 9.23. The summed E-state index contributed by atoms with van der Waals surface area (Å²) in [5.41, 5.74) is -0.162. The Balaban J connectivity index is 1.56. The minimum absolute atomic E-state index is 0.0158. The van der Waals surface area contributed by atoms with E-state index in [1.807, 2.05) is 6.92 Å². The van der Waals surface area contributed by atoms with E-state index in [2.05, 4.69) is 34.6 Å². The standard InChI is InChI=1S/C28H48O5/c1-14(2)15(3)25(32)26(33)16(4)18-7-8-19-17-11-22(29)21-12-23(30)24(31)13-28(21,6)20(17)9-10-27(18,19)5/h14-21,23-26,30-33H,7-13H2,1-6H3/t15-,16-,17-,18+,19?,20-,21+,23-,24+,25+,26+,27+,28+/m0/s1. The van der Waals surface area contributed by atoms with Crippen LogP contribution in [-0.2, 0) is 4.79 Å². The Morgan fingerprint density at radius 2 is 1.52 bits per heavy atom. The second-order valence-electron chi connectivity index (χ2n) is 13.4. The molecule has 190 valence electrons. The Labute approximate surface area is 200 Å². The molecule has 5 heteroatoms. The molecule has 1 unspecified atom stereocenters. The molecule has 4 fully saturated rings. The van der Waals surface area contributed by atoms with Crippen LogP contribution in [-0.4, -0.2) is 50.6 Å². The molecule has 4 rings (SSSR count). The molecule has 0 bridgehead atoms. The Kier molecular flexibility index (Phi) is 6.88. The predicted octanol–water partition coefficient (Wildman–Crippen LogP) is 3.81. The van der Waals surface area contributed by atoms with Gasteiger partial charge in [-0.15, -0.1) is 0 Å². The first-order valence-corrected chi connectivity index (χ1v) is 13.6. The van der Waals surface area contributed by atoms with Crippen LogP contribution in [0.1, 0.15) is 86.5 Å². The van der Waals surface area contributed by atoms with E-state index in [4.69, 9.17) is 0 Å². The number of aliphatic hydroxyl groups excluding tert-OH is 4. The molecule has 0 aromatic heterocycles. The van der Waals surface area contributed by atoms with Crippen molar-refractivity contribution >= 4 is 5.78 Å². The molecule has 0 amide bonds. The normalized spacial score (nSPS) is 49.1. The monoisotopic (exact) mass is 464 g/mol. The SMILES string of the molecule is CC(C)[C@H](C)[C@@H](O)[C@H](O)[C@@H](C)[C@H]1CCC2[C@@H]3CC(=O)[C@H]4C[C@H](O)[C@H](O)C[C@]4(C)[C@H]3CC[C@@]21C. The van der Waals surface area contributed by atoms with Gasteiger partial charge in [-0.25, -0.2) is 0 Å². The van der Waals surface area contributed by atoms with Crippen molar-refractivity contribution in [2.45, 2.75) is 111 Å². The summed E-state index contributed by atoms with van der Waals surface area (Å²) in [6.07, 6.45) is 2.80. The summed E-state index contributed by atoms with van der Waals surface area (Å²) in [6.45, 7) is 12.9. The van der Waals surface area contributed by atoms with Crippen molar-refractivity contribution in [1.82, 2.24) is 0 Å². The van der Waals surface area contributed by atoms with Gasteiger partial charge in [0, 0.05) is 12.3 Å². The number of fused-ring (bicyclic) bond motifs is 5. The van der Waals surface area contributed by atoms with Gasteiger partial charge < -0.3 is 20.4 Å². The summed E-state index contributed by atoms with van der Waals surface area (Å²) in [6, 6.07) is 0. The molecular formula is C28H48O5. The van der Waals surface area contributed by atoms with Crippen molar-refractivity contribution in [1.29, 1.82) is 0 Å². The molecule has 5 nitrogen and oxygen atoms in total. The van der Waals surface area contributed by atoms with E-state index in [1.54, 1.807) is 0 Å². The zero-order chi connectivity index (χ0) is 24.5. The zero-order valence-corrected chi connectivity index (χ0v) is 21.6. The van der Waals surface area contributed by atoms with Crippen molar-refractivity contribution in [2.24, 2.45) is 58.2 Å². The molecular weight excluding hydrogens is 416 g/mol. The van der Waals surface area contributed by atoms with Crippen molar-refractivity contribution in [3.8, 4) is 0 Å². The van der Waals surface area contributed by atoms with Crippen LogP contribution in [0.2, 0.25) is 0 Å². The fraction of sp³-hybridized carbons (Fsp3) is 0.964. The third-order valence-corrected chi connectivity index (χ3v) is 11.7. The summed E-state index contributed by atoms with van der Waals surface area (Å²) < 4.78 is 0. The topological polar surface area (TPSA) is 98.0 Å². The molecule has 0 aromatic carbocycles. The summed E-state index contributed by atoms with van der Waals surface area (Å²) in [7, 11) is 0. The van der Waals surface area contributed by atoms with Crippen LogP contribution in [0, 0.1) is 58.2 Å². The average Bonchev–Trinajstić information content (AvgIpc) is 3.10. The van der Waals surface area contributed by atoms with E-state index in [1.165, 1.54) is 0 Å². The number of ketones is 1. The van der Waals surface area contributed by atoms with Gasteiger partial charge in [-0.1, -0.05) is 41.5 Å². The maximum Gasteiger partial charge on any atom is 0.136 e. The van der Waals surface area contributed by atoms with Gasteiger partial charge in [0.05, 0.1) is 24.4 Å². The van der Waals surface area contributed by atoms with Crippen molar-refractivity contribution in [3.63, 3.8) is 0 Å². The first kappa shape index (κ1) is 25.6. The lowest BCUT2D eigenvalue weighted by atomic mass is 9.44. The van der Waals surface area contributed by atoms with Gasteiger partial charge in [0.1, 0.15) is 5.78 Å². The van der Waals surface area contributed by atoms with E-state index in [0.29, 0.717) is 48.9 Å². The quantitative estimate of drug-likeness (QED) is 0.496. The van der Waals surface area contributed by atoms with E-state index < -0.39 is 24.4 Å². The molecule has 0 aliphatic heterocycles. The smallest absolute Gasteiger partial charge is 0.136 e. The Bertz CT molecular complexity index is 738. The molecule has 4 aliphatic carbocycles. The lowest BCUT2D eigenvalue weighted by Crippen LogP contribution is -2.59. The van der Waals surface area contributed by atoms with Crippen LogP contribution in [0.3, 0.4) is 0 Å². The highest BCUT2D eigenvalue weighted by Crippen LogP contribution is 2.67. The second-order valence-corrected chi connectivity index (χ2v) is 13.4. The van der Waals surface area contributed by atoms with Crippen molar-refractivity contribution in [2.75, 3.05) is 0 Å². The number of aliphatic hydroxyl groups is 4. The minimum Gasteiger partial charge on any atom is -0.390 e. The third-order valence-electron chi connectivity index (χ3n) is 11.7. The number of hydrogen-bond acceptors (Lipinski definition) is 5. The highest BCUT2D eigenvalue weighted by atomic mass is 16.3. The summed E-state index contributed by atoms with van der Waals surface area (Å²) in [4.78, 5) is 13.3. The Morgan fingerprint density at radius 1 is 0.879 bits per heavy atom. The first-order valence-electron chi connectivity index (χ1n) is 13.6. The number of carbonyl (C=O) groups is 1. The molecule has 4 N–H and O–H groups in total. The third kappa shape index (κ3) is 3.93. The maximum absolute atomic E-state index is 13.3. The number of carbonyl (C=O) groups excluding carboxylic acids is 1. The van der Waals surface area contributed by atoms with Crippen molar-refractivity contribution in [3.05, 3.63) is 0 Å². The Hall–Kier alpha value is -0.490. The minimum atomic E-state index is -0.782. The van der Waals surface area contributed by atoms with Crippen LogP contribution in [0.15, 0.2) is 0 Å². The van der Waals surface area contributed by atoms with Crippen LogP contribution in [0.25, 0.3) is 0 Å². The highest BCUT2D eigenvalue weighted by molar-refractivity contribution is 5.83. The van der Waals surface area contributed by atoms with E-state index in [-0.39, 0.29) is 34.4 Å². The lowest BCUT2D eigenvalue weighted by molar-refractivity contribution is -0.175. The average molecular weight is 465 g/mol. The van der Waals surface area contributed by atoms with Gasteiger partial charge >= 0.3 is 0 Å². The molecule has 13 atom stereocenters. The molecule has 0 heterocycles. The predicted molar refractivity (Wildman–Crippen MR) is 128 cm³/mol. The number of hydrogen-bond donors (Lipinski definition) is 4. The zero-order valence-electron chi connectivity index (χ0n) is 21.6.